The molecule has 4 rings (SSSR count). The van der Waals surface area contributed by atoms with E-state index in [1.807, 2.05) is 5.51 Å². The van der Waals surface area contributed by atoms with Gasteiger partial charge in [0.2, 0.25) is 0 Å². The molecule has 0 bridgehead atoms. The fourth-order valence-electron chi connectivity index (χ4n) is 3.51. The molecular weight excluding hydrogens is 328 g/mol. The van der Waals surface area contributed by atoms with E-state index in [1.165, 1.54) is 21.4 Å². The molecule has 0 N–H and O–H groups in total. The number of aromatic nitrogens is 1. The minimum Gasteiger partial charge on any atom is -0.491 e. The van der Waals surface area contributed by atoms with E-state index >= 15 is 0 Å². The van der Waals surface area contributed by atoms with Gasteiger partial charge in [0.1, 0.15) is 5.75 Å². The number of ether oxygens (including phenoxy) is 1. The van der Waals surface area contributed by atoms with Crippen LogP contribution in [-0.2, 0) is 19.4 Å². The number of thiazole rings is 1. The lowest BCUT2D eigenvalue weighted by Crippen LogP contribution is -2.25. The molecular formula is C21H24N2OS. The number of hydrogen-bond acceptors (Lipinski definition) is 4. The Bertz CT molecular complexity index is 871. The zero-order valence-corrected chi connectivity index (χ0v) is 15.7. The smallest absolute Gasteiger partial charge is 0.119 e. The highest BCUT2D eigenvalue weighted by molar-refractivity contribution is 7.16. The molecule has 25 heavy (non-hydrogen) atoms. The Morgan fingerprint density at radius 1 is 1.08 bits per heavy atom. The fraction of sp³-hybridized carbons (Fsp3) is 0.381. The molecule has 0 fully saturated rings. The van der Waals surface area contributed by atoms with Gasteiger partial charge in [-0.3, -0.25) is 4.90 Å². The van der Waals surface area contributed by atoms with Crippen LogP contribution in [0.2, 0.25) is 0 Å². The van der Waals surface area contributed by atoms with Gasteiger partial charge in [0.05, 0.1) is 21.8 Å². The van der Waals surface area contributed by atoms with Crippen LogP contribution in [-0.4, -0.2) is 29.1 Å². The molecule has 1 aliphatic heterocycles. The van der Waals surface area contributed by atoms with Gasteiger partial charge in [-0.25, -0.2) is 4.98 Å². The van der Waals surface area contributed by atoms with Gasteiger partial charge in [-0.15, -0.1) is 11.3 Å². The Labute approximate surface area is 153 Å². The molecule has 0 saturated carbocycles. The average Bonchev–Trinajstić information content (AvgIpc) is 2.96. The van der Waals surface area contributed by atoms with Crippen molar-refractivity contribution >= 4 is 21.6 Å². The monoisotopic (exact) mass is 352 g/mol. The predicted octanol–water partition coefficient (Wildman–Crippen LogP) is 4.68. The molecule has 0 saturated heterocycles. The lowest BCUT2D eigenvalue weighted by Gasteiger charge is -2.19. The van der Waals surface area contributed by atoms with Crippen molar-refractivity contribution in [3.8, 4) is 5.75 Å². The number of benzene rings is 2. The highest BCUT2D eigenvalue weighted by Crippen LogP contribution is 2.24. The molecule has 0 spiro atoms. The Morgan fingerprint density at radius 3 is 2.76 bits per heavy atom. The highest BCUT2D eigenvalue weighted by atomic mass is 32.1. The first-order valence-corrected chi connectivity index (χ1v) is 9.88. The second-order valence-corrected chi connectivity index (χ2v) is 7.91. The van der Waals surface area contributed by atoms with Crippen molar-refractivity contribution in [2.24, 2.45) is 0 Å². The first kappa shape index (κ1) is 16.6. The molecule has 0 amide bonds. The third-order valence-electron chi connectivity index (χ3n) is 4.75. The molecule has 2 heterocycles. The molecule has 0 unspecified atom stereocenters. The molecule has 0 radical (unpaired) electrons. The third-order valence-corrected chi connectivity index (χ3v) is 5.56. The summed E-state index contributed by atoms with van der Waals surface area (Å²) in [5.41, 5.74) is 7.31. The molecule has 3 nitrogen and oxygen atoms in total. The summed E-state index contributed by atoms with van der Waals surface area (Å²) in [5.74, 6) is 0.996. The minimum atomic E-state index is 0.223. The number of fused-ring (bicyclic) bond motifs is 2. The van der Waals surface area contributed by atoms with E-state index in [0.717, 1.165) is 43.7 Å². The minimum absolute atomic E-state index is 0.223. The van der Waals surface area contributed by atoms with Crippen molar-refractivity contribution < 1.29 is 4.74 Å². The Kier molecular flexibility index (Phi) is 4.73. The summed E-state index contributed by atoms with van der Waals surface area (Å²) in [5, 5.41) is 0. The van der Waals surface area contributed by atoms with E-state index in [2.05, 4.69) is 60.1 Å². The van der Waals surface area contributed by atoms with Crippen molar-refractivity contribution in [3.63, 3.8) is 0 Å². The topological polar surface area (TPSA) is 25.4 Å². The summed E-state index contributed by atoms with van der Waals surface area (Å²) < 4.78 is 7.13. The van der Waals surface area contributed by atoms with Crippen LogP contribution in [0.15, 0.2) is 41.9 Å². The van der Waals surface area contributed by atoms with Gasteiger partial charge in [0.25, 0.3) is 0 Å². The lowest BCUT2D eigenvalue weighted by atomic mass is 10.0. The highest BCUT2D eigenvalue weighted by Gasteiger charge is 2.15. The Hall–Kier alpha value is -1.91. The van der Waals surface area contributed by atoms with Crippen LogP contribution in [0, 0.1) is 0 Å². The average molecular weight is 353 g/mol. The van der Waals surface area contributed by atoms with Crippen LogP contribution in [0.25, 0.3) is 10.2 Å². The van der Waals surface area contributed by atoms with E-state index < -0.39 is 0 Å². The SMILES string of the molecule is CC(C)Oc1ccc2c(c1)CCN(Cc1ccc3scnc3c1)CC2. The molecule has 0 aliphatic carbocycles. The van der Waals surface area contributed by atoms with Gasteiger partial charge in [-0.2, -0.15) is 0 Å². The number of hydrogen-bond donors (Lipinski definition) is 0. The largest absolute Gasteiger partial charge is 0.491 e. The van der Waals surface area contributed by atoms with Crippen LogP contribution in [0.5, 0.6) is 5.75 Å². The molecule has 0 atom stereocenters. The molecule has 1 aromatic heterocycles. The fourth-order valence-corrected chi connectivity index (χ4v) is 4.17. The molecule has 3 aromatic rings. The molecule has 1 aliphatic rings. The Morgan fingerprint density at radius 2 is 1.92 bits per heavy atom. The Balaban J connectivity index is 1.45. The van der Waals surface area contributed by atoms with Crippen molar-refractivity contribution in [3.05, 3.63) is 58.6 Å². The van der Waals surface area contributed by atoms with E-state index in [0.29, 0.717) is 0 Å². The first-order chi connectivity index (χ1) is 12.2. The van der Waals surface area contributed by atoms with E-state index in [-0.39, 0.29) is 6.10 Å². The van der Waals surface area contributed by atoms with Gasteiger partial charge in [0.15, 0.2) is 0 Å². The van der Waals surface area contributed by atoms with Crippen LogP contribution in [0.3, 0.4) is 0 Å². The van der Waals surface area contributed by atoms with E-state index in [4.69, 9.17) is 4.74 Å². The summed E-state index contributed by atoms with van der Waals surface area (Å²) in [6, 6.07) is 13.3. The lowest BCUT2D eigenvalue weighted by molar-refractivity contribution is 0.242. The normalized spacial score (nSPS) is 15.3. The second kappa shape index (κ2) is 7.14. The second-order valence-electron chi connectivity index (χ2n) is 7.03. The van der Waals surface area contributed by atoms with Gasteiger partial charge in [-0.1, -0.05) is 12.1 Å². The molecule has 4 heteroatoms. The van der Waals surface area contributed by atoms with Crippen LogP contribution >= 0.6 is 11.3 Å². The maximum Gasteiger partial charge on any atom is 0.119 e. The predicted molar refractivity (Wildman–Crippen MR) is 105 cm³/mol. The van der Waals surface area contributed by atoms with Gasteiger partial charge >= 0.3 is 0 Å². The van der Waals surface area contributed by atoms with Gasteiger partial charge in [0, 0.05) is 19.6 Å². The van der Waals surface area contributed by atoms with Crippen molar-refractivity contribution in [1.82, 2.24) is 9.88 Å². The summed E-state index contributed by atoms with van der Waals surface area (Å²) in [7, 11) is 0. The molecule has 130 valence electrons. The van der Waals surface area contributed by atoms with Crippen LogP contribution in [0.4, 0.5) is 0 Å². The van der Waals surface area contributed by atoms with Crippen molar-refractivity contribution in [1.29, 1.82) is 0 Å². The maximum absolute atomic E-state index is 5.86. The quantitative estimate of drug-likeness (QED) is 0.681. The number of rotatable bonds is 4. The molecule has 2 aromatic carbocycles. The standard InChI is InChI=1S/C21H24N2OS/c1-15(2)24-19-5-4-17-7-9-23(10-8-18(17)12-19)13-16-3-6-21-20(11-16)22-14-25-21/h3-6,11-12,14-15H,7-10,13H2,1-2H3. The van der Waals surface area contributed by atoms with Gasteiger partial charge in [-0.05, 0) is 67.6 Å². The van der Waals surface area contributed by atoms with Crippen LogP contribution in [0.1, 0.15) is 30.5 Å². The summed E-state index contributed by atoms with van der Waals surface area (Å²) >= 11 is 1.71. The first-order valence-electron chi connectivity index (χ1n) is 9.00. The van der Waals surface area contributed by atoms with Crippen molar-refractivity contribution in [2.75, 3.05) is 13.1 Å². The zero-order chi connectivity index (χ0) is 17.2. The summed E-state index contributed by atoms with van der Waals surface area (Å²) in [6.45, 7) is 7.34. The number of nitrogens with zero attached hydrogens (tertiary/aromatic N) is 2. The summed E-state index contributed by atoms with van der Waals surface area (Å²) in [6.07, 6.45) is 2.42. The van der Waals surface area contributed by atoms with E-state index in [1.54, 1.807) is 11.3 Å². The van der Waals surface area contributed by atoms with E-state index in [9.17, 15) is 0 Å². The summed E-state index contributed by atoms with van der Waals surface area (Å²) in [4.78, 5) is 6.99. The van der Waals surface area contributed by atoms with Crippen LogP contribution < -0.4 is 4.74 Å². The van der Waals surface area contributed by atoms with Crippen molar-refractivity contribution in [2.45, 2.75) is 39.3 Å². The van der Waals surface area contributed by atoms with Gasteiger partial charge < -0.3 is 4.74 Å². The third kappa shape index (κ3) is 3.86. The zero-order valence-electron chi connectivity index (χ0n) is 14.9. The maximum atomic E-state index is 5.86.